The van der Waals surface area contributed by atoms with Crippen molar-refractivity contribution in [2.75, 3.05) is 47.2 Å². The van der Waals surface area contributed by atoms with Gasteiger partial charge in [-0.2, -0.15) is 0 Å². The second-order valence-electron chi connectivity index (χ2n) is 18.3. The number of nitrogens with zero attached hydrogens (tertiary/aromatic N) is 3. The van der Waals surface area contributed by atoms with E-state index in [1.807, 2.05) is 66.7 Å². The largest absolute Gasteiger partial charge is 0.507 e. The molecule has 2 atom stereocenters. The smallest absolute Gasteiger partial charge is 0.253 e. The standard InChI is InChI=1S/C54H57ClN6O9/c1-33(2)53(58-46(63)15-4-3-9-25-60-50(67)22-23-51(60)68)54(69)56-30-47(64)57-36-20-18-34(19-21-36)32-70-45-28-42-38(37-11-5-7-13-40(37)45)24-26-59(42)48(65)16-10-17-49(66)61-31-35(29-55)52-41-14-8-6-12-39(41)44(62)27-43(52)61/h5-8,11-14,18-23,27-28,33,35,53,62H,3-4,9-10,15-17,24-26,29-32H2,1-2H3,(H,56,69)(H,57,64)(H,58,63)/t35-,53?/m1/s1. The van der Waals surface area contributed by atoms with Crippen LogP contribution in [0.2, 0.25) is 0 Å². The lowest BCUT2D eigenvalue weighted by Crippen LogP contribution is -2.51. The van der Waals surface area contributed by atoms with Crippen molar-refractivity contribution in [1.82, 2.24) is 15.5 Å². The number of unbranched alkanes of at least 4 members (excludes halogenated alkanes) is 2. The van der Waals surface area contributed by atoms with Gasteiger partial charge in [0.2, 0.25) is 29.5 Å². The van der Waals surface area contributed by atoms with E-state index >= 15 is 0 Å². The predicted molar refractivity (Wildman–Crippen MR) is 269 cm³/mol. The number of hydrogen-bond acceptors (Lipinski definition) is 9. The Morgan fingerprint density at radius 1 is 0.757 bits per heavy atom. The number of fused-ring (bicyclic) bond motifs is 6. The van der Waals surface area contributed by atoms with Gasteiger partial charge in [-0.1, -0.05) is 80.9 Å². The van der Waals surface area contributed by atoms with Gasteiger partial charge in [0.05, 0.1) is 17.9 Å². The van der Waals surface area contributed by atoms with Gasteiger partial charge >= 0.3 is 0 Å². The number of anilines is 3. The van der Waals surface area contributed by atoms with Crippen LogP contribution in [0.5, 0.6) is 11.5 Å². The van der Waals surface area contributed by atoms with E-state index in [0.29, 0.717) is 68.2 Å². The SMILES string of the molecule is CC(C)C(NC(=O)CCCCCN1C(=O)C=CC1=O)C(=O)NCC(=O)Nc1ccc(COc2cc3c(c4ccccc24)CCN3C(=O)CCCC(=O)N2C[C@@H](CCl)c3c2cc(O)c2ccccc32)cc1. The fraction of sp³-hybridized carbons (Fsp3) is 0.352. The highest BCUT2D eigenvalue weighted by Crippen LogP contribution is 2.46. The molecule has 16 heteroatoms. The van der Waals surface area contributed by atoms with Crippen molar-refractivity contribution in [3.05, 3.63) is 114 Å². The molecule has 1 unspecified atom stereocenters. The number of benzene rings is 5. The molecule has 0 aliphatic carbocycles. The highest BCUT2D eigenvalue weighted by atomic mass is 35.5. The first kappa shape index (κ1) is 49.2. The van der Waals surface area contributed by atoms with Crippen LogP contribution in [0, 0.1) is 5.92 Å². The summed E-state index contributed by atoms with van der Waals surface area (Å²) in [6, 6.07) is 25.4. The van der Waals surface area contributed by atoms with Gasteiger partial charge in [0.1, 0.15) is 24.1 Å². The Morgan fingerprint density at radius 3 is 2.13 bits per heavy atom. The van der Waals surface area contributed by atoms with Crippen molar-refractivity contribution in [2.24, 2.45) is 5.92 Å². The normalized spacial score (nSPS) is 15.4. The summed E-state index contributed by atoms with van der Waals surface area (Å²) < 4.78 is 6.42. The van der Waals surface area contributed by atoms with Crippen molar-refractivity contribution in [1.29, 1.82) is 0 Å². The third kappa shape index (κ3) is 10.9. The van der Waals surface area contributed by atoms with E-state index in [0.717, 1.165) is 43.9 Å². The molecule has 0 bridgehead atoms. The number of halogens is 1. The van der Waals surface area contributed by atoms with Gasteiger partial charge in [-0.05, 0) is 71.2 Å². The molecule has 3 heterocycles. The maximum Gasteiger partial charge on any atom is 0.253 e. The molecule has 0 radical (unpaired) electrons. The zero-order valence-corrected chi connectivity index (χ0v) is 40.1. The molecule has 7 amide bonds. The lowest BCUT2D eigenvalue weighted by atomic mass is 9.95. The second-order valence-corrected chi connectivity index (χ2v) is 18.6. The number of nitrogens with one attached hydrogen (secondary N) is 3. The molecule has 0 saturated heterocycles. The van der Waals surface area contributed by atoms with Crippen LogP contribution in [-0.2, 0) is 46.6 Å². The minimum atomic E-state index is -0.844. The number of ether oxygens (including phenoxy) is 1. The van der Waals surface area contributed by atoms with Crippen LogP contribution >= 0.6 is 11.6 Å². The average molecular weight is 970 g/mol. The lowest BCUT2D eigenvalue weighted by Gasteiger charge is -2.21. The van der Waals surface area contributed by atoms with Crippen molar-refractivity contribution < 1.29 is 43.4 Å². The molecule has 3 aliphatic heterocycles. The van der Waals surface area contributed by atoms with Crippen molar-refractivity contribution >= 4 is 91.6 Å². The summed E-state index contributed by atoms with van der Waals surface area (Å²) in [5, 5.41) is 22.5. The summed E-state index contributed by atoms with van der Waals surface area (Å²) in [5.41, 5.74) is 4.83. The van der Waals surface area contributed by atoms with Crippen LogP contribution in [0.4, 0.5) is 17.1 Å². The number of hydrogen-bond donors (Lipinski definition) is 4. The van der Waals surface area contributed by atoms with Gasteiger partial charge in [-0.25, -0.2) is 0 Å². The van der Waals surface area contributed by atoms with E-state index in [1.165, 1.54) is 17.1 Å². The number of imide groups is 1. The maximum atomic E-state index is 13.8. The molecule has 364 valence electrons. The third-order valence-electron chi connectivity index (χ3n) is 13.2. The summed E-state index contributed by atoms with van der Waals surface area (Å²) >= 11 is 6.39. The van der Waals surface area contributed by atoms with Crippen LogP contribution < -0.4 is 30.5 Å². The molecule has 0 aromatic heterocycles. The lowest BCUT2D eigenvalue weighted by molar-refractivity contribution is -0.137. The molecule has 5 aromatic rings. The Bertz CT molecular complexity index is 2870. The number of rotatable bonds is 20. The number of carbonyl (C=O) groups excluding carboxylic acids is 7. The van der Waals surface area contributed by atoms with E-state index in [1.54, 1.807) is 41.8 Å². The van der Waals surface area contributed by atoms with Gasteiger partial charge in [-0.15, -0.1) is 11.6 Å². The number of alkyl halides is 1. The summed E-state index contributed by atoms with van der Waals surface area (Å²) in [7, 11) is 0. The van der Waals surface area contributed by atoms with Crippen molar-refractivity contribution in [2.45, 2.75) is 83.8 Å². The quantitative estimate of drug-likeness (QED) is 0.0350. The molecule has 4 N–H and O–H groups in total. The highest BCUT2D eigenvalue weighted by molar-refractivity contribution is 6.19. The topological polar surface area (TPSA) is 195 Å². The maximum absolute atomic E-state index is 13.8. The number of aromatic hydroxyl groups is 1. The number of carbonyl (C=O) groups is 7. The molecule has 5 aromatic carbocycles. The van der Waals surface area contributed by atoms with Gasteiger partial charge in [0.15, 0.2) is 0 Å². The molecule has 0 fully saturated rings. The Balaban J connectivity index is 0.806. The summed E-state index contributed by atoms with van der Waals surface area (Å²) in [6.07, 6.45) is 5.76. The monoisotopic (exact) mass is 968 g/mol. The van der Waals surface area contributed by atoms with Crippen molar-refractivity contribution in [3.8, 4) is 11.5 Å². The van der Waals surface area contributed by atoms with Gasteiger partial charge < -0.3 is 35.6 Å². The Kier molecular flexibility index (Phi) is 15.5. The minimum absolute atomic E-state index is 0.0712. The average Bonchev–Trinajstić information content (AvgIpc) is 4.06. The van der Waals surface area contributed by atoms with Gasteiger partial charge in [0.25, 0.3) is 11.8 Å². The summed E-state index contributed by atoms with van der Waals surface area (Å²) in [5.74, 6) is -1.34. The minimum Gasteiger partial charge on any atom is -0.507 e. The van der Waals surface area contributed by atoms with Crippen LogP contribution in [-0.4, -0.2) is 89.5 Å². The zero-order valence-electron chi connectivity index (χ0n) is 39.3. The van der Waals surface area contributed by atoms with E-state index in [4.69, 9.17) is 16.3 Å². The van der Waals surface area contributed by atoms with Gasteiger partial charge in [0, 0.05) is 91.4 Å². The number of phenols is 1. The fourth-order valence-electron chi connectivity index (χ4n) is 9.56. The first-order valence-corrected chi connectivity index (χ1v) is 24.4. The summed E-state index contributed by atoms with van der Waals surface area (Å²) in [4.78, 5) is 94.1. The Hall–Kier alpha value is -7.26. The molecular formula is C54H57ClN6O9. The first-order chi connectivity index (χ1) is 33.8. The van der Waals surface area contributed by atoms with E-state index in [2.05, 4.69) is 16.0 Å². The first-order valence-electron chi connectivity index (χ1n) is 23.9. The Labute approximate surface area is 411 Å². The van der Waals surface area contributed by atoms with Crippen LogP contribution in [0.3, 0.4) is 0 Å². The van der Waals surface area contributed by atoms with Crippen LogP contribution in [0.1, 0.15) is 81.4 Å². The number of amides is 7. The fourth-order valence-corrected chi connectivity index (χ4v) is 9.81. The van der Waals surface area contributed by atoms with E-state index in [9.17, 15) is 38.7 Å². The second kappa shape index (κ2) is 22.0. The molecule has 3 aliphatic rings. The number of phenolic OH excluding ortho intramolecular Hbond substituents is 1. The Morgan fingerprint density at radius 2 is 1.43 bits per heavy atom. The molecular weight excluding hydrogens is 912 g/mol. The van der Waals surface area contributed by atoms with Crippen molar-refractivity contribution in [3.63, 3.8) is 0 Å². The zero-order chi connectivity index (χ0) is 49.5. The van der Waals surface area contributed by atoms with Gasteiger partial charge in [-0.3, -0.25) is 38.5 Å². The third-order valence-corrected chi connectivity index (χ3v) is 13.6. The molecule has 0 saturated carbocycles. The van der Waals surface area contributed by atoms with E-state index in [-0.39, 0.29) is 86.1 Å². The van der Waals surface area contributed by atoms with Crippen LogP contribution in [0.15, 0.2) is 97.1 Å². The summed E-state index contributed by atoms with van der Waals surface area (Å²) in [6.45, 7) is 4.73. The molecule has 0 spiro atoms. The molecule has 70 heavy (non-hydrogen) atoms. The predicted octanol–water partition coefficient (Wildman–Crippen LogP) is 7.39. The molecule has 15 nitrogen and oxygen atoms in total. The highest BCUT2D eigenvalue weighted by Gasteiger charge is 2.35. The van der Waals surface area contributed by atoms with E-state index < -0.39 is 17.9 Å². The molecule has 8 rings (SSSR count). The van der Waals surface area contributed by atoms with Crippen LogP contribution in [0.25, 0.3) is 21.5 Å².